The Labute approximate surface area is 115 Å². The number of hydrogen-bond acceptors (Lipinski definition) is 2. The van der Waals surface area contributed by atoms with Crippen molar-refractivity contribution in [1.82, 2.24) is 10.6 Å². The molecule has 1 aromatic rings. The van der Waals surface area contributed by atoms with Gasteiger partial charge in [0, 0.05) is 18.2 Å². The lowest BCUT2D eigenvalue weighted by Crippen LogP contribution is -2.48. The maximum Gasteiger partial charge on any atom is 0.252 e. The first-order valence-corrected chi connectivity index (χ1v) is 7.06. The van der Waals surface area contributed by atoms with E-state index < -0.39 is 0 Å². The van der Waals surface area contributed by atoms with E-state index in [2.05, 4.69) is 36.6 Å². The Morgan fingerprint density at radius 2 is 1.84 bits per heavy atom. The van der Waals surface area contributed by atoms with Crippen molar-refractivity contribution in [1.29, 1.82) is 0 Å². The minimum Gasteiger partial charge on any atom is -0.348 e. The molecule has 2 unspecified atom stereocenters. The lowest BCUT2D eigenvalue weighted by molar-refractivity contribution is 0.0924. The van der Waals surface area contributed by atoms with Gasteiger partial charge in [-0.05, 0) is 50.8 Å². The number of amides is 1. The zero-order valence-electron chi connectivity index (χ0n) is 12.3. The van der Waals surface area contributed by atoms with Crippen LogP contribution in [-0.2, 0) is 0 Å². The molecule has 1 saturated heterocycles. The fourth-order valence-electron chi connectivity index (χ4n) is 3.06. The fraction of sp³-hybridized carbons (Fsp3) is 0.562. The van der Waals surface area contributed by atoms with Gasteiger partial charge in [0.25, 0.3) is 5.91 Å². The predicted molar refractivity (Wildman–Crippen MR) is 78.6 cm³/mol. The van der Waals surface area contributed by atoms with Gasteiger partial charge in [0.05, 0.1) is 0 Å². The molecule has 0 aliphatic carbocycles. The van der Waals surface area contributed by atoms with Crippen molar-refractivity contribution < 1.29 is 4.79 Å². The van der Waals surface area contributed by atoms with Gasteiger partial charge in [-0.1, -0.05) is 24.6 Å². The van der Waals surface area contributed by atoms with E-state index >= 15 is 0 Å². The highest BCUT2D eigenvalue weighted by molar-refractivity contribution is 5.97. The summed E-state index contributed by atoms with van der Waals surface area (Å²) in [5, 5.41) is 6.53. The van der Waals surface area contributed by atoms with Gasteiger partial charge in [0.2, 0.25) is 0 Å². The molecule has 0 aromatic heterocycles. The number of hydrogen-bond donors (Lipinski definition) is 2. The molecule has 1 aliphatic heterocycles. The van der Waals surface area contributed by atoms with Crippen LogP contribution in [0, 0.1) is 26.7 Å². The molecule has 2 rings (SSSR count). The fourth-order valence-corrected chi connectivity index (χ4v) is 3.06. The molecule has 1 heterocycles. The Kier molecular flexibility index (Phi) is 4.25. The highest BCUT2D eigenvalue weighted by Gasteiger charge is 2.22. The van der Waals surface area contributed by atoms with Crippen LogP contribution in [0.25, 0.3) is 0 Å². The molecule has 0 saturated carbocycles. The molecule has 1 amide bonds. The largest absolute Gasteiger partial charge is 0.348 e. The predicted octanol–water partition coefficient (Wildman–Crippen LogP) is 2.34. The summed E-state index contributed by atoms with van der Waals surface area (Å²) in [6.07, 6.45) is 1.06. The molecule has 2 atom stereocenters. The summed E-state index contributed by atoms with van der Waals surface area (Å²) >= 11 is 0. The molecular formula is C16H24N2O. The van der Waals surface area contributed by atoms with Crippen LogP contribution in [0.3, 0.4) is 0 Å². The molecule has 104 valence electrons. The highest BCUT2D eigenvalue weighted by atomic mass is 16.1. The number of rotatable bonds is 2. The molecule has 1 aromatic carbocycles. The van der Waals surface area contributed by atoms with Crippen LogP contribution < -0.4 is 10.6 Å². The molecule has 3 nitrogen and oxygen atoms in total. The number of carbonyl (C=O) groups excluding carboxylic acids is 1. The van der Waals surface area contributed by atoms with Crippen molar-refractivity contribution in [2.24, 2.45) is 5.92 Å². The Hall–Kier alpha value is -1.35. The Morgan fingerprint density at radius 1 is 1.21 bits per heavy atom. The molecule has 0 radical (unpaired) electrons. The van der Waals surface area contributed by atoms with Crippen molar-refractivity contribution in [3.8, 4) is 0 Å². The van der Waals surface area contributed by atoms with Gasteiger partial charge in [-0.2, -0.15) is 0 Å². The molecule has 19 heavy (non-hydrogen) atoms. The van der Waals surface area contributed by atoms with E-state index in [1.807, 2.05) is 13.8 Å². The van der Waals surface area contributed by atoms with E-state index in [-0.39, 0.29) is 11.9 Å². The van der Waals surface area contributed by atoms with Crippen LogP contribution >= 0.6 is 0 Å². The zero-order chi connectivity index (χ0) is 14.0. The van der Waals surface area contributed by atoms with Crippen LogP contribution in [0.5, 0.6) is 0 Å². The lowest BCUT2D eigenvalue weighted by Gasteiger charge is -2.28. The third kappa shape index (κ3) is 3.35. The first kappa shape index (κ1) is 14.1. The lowest BCUT2D eigenvalue weighted by atomic mass is 9.96. The second-order valence-corrected chi connectivity index (χ2v) is 5.94. The SMILES string of the molecule is Cc1cc(C)c(C(=O)NC2CNCC(C)C2)c(C)c1. The monoisotopic (exact) mass is 260 g/mol. The van der Waals surface area contributed by atoms with Crippen LogP contribution in [0.15, 0.2) is 12.1 Å². The van der Waals surface area contributed by atoms with Gasteiger partial charge < -0.3 is 10.6 Å². The quantitative estimate of drug-likeness (QED) is 0.857. The number of carbonyl (C=O) groups is 1. The Bertz CT molecular complexity index is 459. The number of nitrogens with one attached hydrogen (secondary N) is 2. The first-order chi connectivity index (χ1) is 8.97. The third-order valence-corrected chi connectivity index (χ3v) is 3.81. The first-order valence-electron chi connectivity index (χ1n) is 7.06. The molecule has 2 N–H and O–H groups in total. The van der Waals surface area contributed by atoms with Gasteiger partial charge in [0.1, 0.15) is 0 Å². The molecule has 3 heteroatoms. The van der Waals surface area contributed by atoms with Crippen LogP contribution in [0.1, 0.15) is 40.4 Å². The number of benzene rings is 1. The van der Waals surface area contributed by atoms with Crippen LogP contribution in [0.4, 0.5) is 0 Å². The van der Waals surface area contributed by atoms with Crippen molar-refractivity contribution in [3.63, 3.8) is 0 Å². The van der Waals surface area contributed by atoms with Gasteiger partial charge >= 0.3 is 0 Å². The van der Waals surface area contributed by atoms with E-state index in [9.17, 15) is 4.79 Å². The van der Waals surface area contributed by atoms with Crippen molar-refractivity contribution in [2.45, 2.75) is 40.2 Å². The van der Waals surface area contributed by atoms with E-state index in [0.29, 0.717) is 5.92 Å². The summed E-state index contributed by atoms with van der Waals surface area (Å²) in [5.41, 5.74) is 4.17. The third-order valence-electron chi connectivity index (χ3n) is 3.81. The maximum absolute atomic E-state index is 12.4. The average Bonchev–Trinajstić information content (AvgIpc) is 2.27. The van der Waals surface area contributed by atoms with E-state index in [1.165, 1.54) is 5.56 Å². The van der Waals surface area contributed by atoms with E-state index in [1.54, 1.807) is 0 Å². The van der Waals surface area contributed by atoms with Gasteiger partial charge in [0.15, 0.2) is 0 Å². The summed E-state index contributed by atoms with van der Waals surface area (Å²) in [6.45, 7) is 10.2. The summed E-state index contributed by atoms with van der Waals surface area (Å²) in [7, 11) is 0. The zero-order valence-corrected chi connectivity index (χ0v) is 12.3. The summed E-state index contributed by atoms with van der Waals surface area (Å²) in [6, 6.07) is 4.39. The number of aryl methyl sites for hydroxylation is 3. The maximum atomic E-state index is 12.4. The highest BCUT2D eigenvalue weighted by Crippen LogP contribution is 2.17. The average molecular weight is 260 g/mol. The molecular weight excluding hydrogens is 236 g/mol. The smallest absolute Gasteiger partial charge is 0.252 e. The minimum absolute atomic E-state index is 0.0656. The Balaban J connectivity index is 2.12. The van der Waals surface area contributed by atoms with Crippen molar-refractivity contribution >= 4 is 5.91 Å². The second-order valence-electron chi connectivity index (χ2n) is 5.94. The topological polar surface area (TPSA) is 41.1 Å². The Morgan fingerprint density at radius 3 is 2.42 bits per heavy atom. The molecule has 0 bridgehead atoms. The molecule has 0 spiro atoms. The number of piperidine rings is 1. The summed E-state index contributed by atoms with van der Waals surface area (Å²) < 4.78 is 0. The van der Waals surface area contributed by atoms with E-state index in [0.717, 1.165) is 36.2 Å². The standard InChI is InChI=1S/C16H24N2O/c1-10-5-12(3)15(13(4)6-10)16(19)18-14-7-11(2)8-17-9-14/h5-6,11,14,17H,7-9H2,1-4H3,(H,18,19). The van der Waals surface area contributed by atoms with Gasteiger partial charge in [-0.25, -0.2) is 0 Å². The molecule has 1 fully saturated rings. The van der Waals surface area contributed by atoms with Crippen molar-refractivity contribution in [2.75, 3.05) is 13.1 Å². The van der Waals surface area contributed by atoms with Crippen LogP contribution in [0.2, 0.25) is 0 Å². The van der Waals surface area contributed by atoms with E-state index in [4.69, 9.17) is 0 Å². The van der Waals surface area contributed by atoms with Crippen molar-refractivity contribution in [3.05, 3.63) is 34.4 Å². The normalized spacial score (nSPS) is 23.2. The van der Waals surface area contributed by atoms with Crippen LogP contribution in [-0.4, -0.2) is 25.0 Å². The summed E-state index contributed by atoms with van der Waals surface area (Å²) in [5.74, 6) is 0.690. The summed E-state index contributed by atoms with van der Waals surface area (Å²) in [4.78, 5) is 12.4. The minimum atomic E-state index is 0.0656. The van der Waals surface area contributed by atoms with Gasteiger partial charge in [-0.3, -0.25) is 4.79 Å². The molecule has 1 aliphatic rings. The van der Waals surface area contributed by atoms with Gasteiger partial charge in [-0.15, -0.1) is 0 Å². The second kappa shape index (κ2) is 5.74.